The summed E-state index contributed by atoms with van der Waals surface area (Å²) in [6.07, 6.45) is -0.510. The summed E-state index contributed by atoms with van der Waals surface area (Å²) >= 11 is 1.11. The number of thiophene rings is 1. The molecule has 1 aliphatic rings. The van der Waals surface area contributed by atoms with Gasteiger partial charge in [0.05, 0.1) is 28.6 Å². The second kappa shape index (κ2) is 5.86. The summed E-state index contributed by atoms with van der Waals surface area (Å²) in [7, 11) is 0. The number of nitro groups is 1. The van der Waals surface area contributed by atoms with Crippen molar-refractivity contribution in [3.8, 4) is 0 Å². The molecule has 8 heteroatoms. The van der Waals surface area contributed by atoms with Crippen LogP contribution < -0.4 is 4.90 Å². The van der Waals surface area contributed by atoms with Gasteiger partial charge in [-0.25, -0.2) is 0 Å². The van der Waals surface area contributed by atoms with E-state index in [4.69, 9.17) is 4.74 Å². The van der Waals surface area contributed by atoms with Gasteiger partial charge in [0.2, 0.25) is 0 Å². The first-order valence-electron chi connectivity index (χ1n) is 6.22. The maximum Gasteiger partial charge on any atom is 0.304 e. The van der Waals surface area contributed by atoms with E-state index >= 15 is 0 Å². The molecule has 0 saturated carbocycles. The highest BCUT2D eigenvalue weighted by atomic mass is 32.1. The second-order valence-electron chi connectivity index (χ2n) is 4.77. The molecule has 1 saturated heterocycles. The molecule has 0 aromatic carbocycles. The van der Waals surface area contributed by atoms with Gasteiger partial charge in [-0.2, -0.15) is 0 Å². The molecule has 0 spiro atoms. The van der Waals surface area contributed by atoms with E-state index in [0.717, 1.165) is 11.3 Å². The minimum absolute atomic E-state index is 0.0639. The maximum atomic E-state index is 11.4. The molecule has 2 unspecified atom stereocenters. The molecule has 1 fully saturated rings. The number of carbonyl (C=O) groups is 1. The Balaban J connectivity index is 2.35. The zero-order valence-corrected chi connectivity index (χ0v) is 12.1. The van der Waals surface area contributed by atoms with E-state index < -0.39 is 4.92 Å². The summed E-state index contributed by atoms with van der Waals surface area (Å²) in [5.74, 6) is -0.190. The highest BCUT2D eigenvalue weighted by Gasteiger charge is 2.31. The topological polar surface area (TPSA) is 92.9 Å². The summed E-state index contributed by atoms with van der Waals surface area (Å²) in [5.41, 5.74) is -0.0639. The van der Waals surface area contributed by atoms with Crippen molar-refractivity contribution in [1.29, 1.82) is 0 Å². The molecule has 1 N–H and O–H groups in total. The van der Waals surface area contributed by atoms with Crippen molar-refractivity contribution in [1.82, 2.24) is 0 Å². The number of hydrogen-bond acceptors (Lipinski definition) is 7. The van der Waals surface area contributed by atoms with E-state index in [-0.39, 0.29) is 30.3 Å². The van der Waals surface area contributed by atoms with Crippen LogP contribution in [0.15, 0.2) is 6.07 Å². The first-order valence-corrected chi connectivity index (χ1v) is 7.04. The minimum atomic E-state index is -0.480. The molecule has 2 atom stereocenters. The smallest absolute Gasteiger partial charge is 0.304 e. The monoisotopic (exact) mass is 300 g/mol. The van der Waals surface area contributed by atoms with Gasteiger partial charge in [0.15, 0.2) is 10.8 Å². The molecule has 110 valence electrons. The SMILES string of the molecule is CC(=O)c1cc([N+](=O)[O-])c(N2CC(C)OC(CO)C2)s1. The number of aliphatic hydroxyl groups excluding tert-OH is 1. The van der Waals surface area contributed by atoms with E-state index in [1.165, 1.54) is 13.0 Å². The molecule has 0 amide bonds. The maximum absolute atomic E-state index is 11.4. The van der Waals surface area contributed by atoms with Gasteiger partial charge in [0.1, 0.15) is 0 Å². The number of rotatable bonds is 4. The van der Waals surface area contributed by atoms with Gasteiger partial charge in [0.25, 0.3) is 0 Å². The Morgan fingerprint density at radius 3 is 2.90 bits per heavy atom. The van der Waals surface area contributed by atoms with Crippen LogP contribution in [-0.4, -0.2) is 47.7 Å². The summed E-state index contributed by atoms with van der Waals surface area (Å²) < 4.78 is 5.52. The highest BCUT2D eigenvalue weighted by molar-refractivity contribution is 7.18. The van der Waals surface area contributed by atoms with Crippen LogP contribution in [0.25, 0.3) is 0 Å². The van der Waals surface area contributed by atoms with E-state index in [9.17, 15) is 20.0 Å². The fourth-order valence-electron chi connectivity index (χ4n) is 2.21. The van der Waals surface area contributed by atoms with Crippen molar-refractivity contribution in [2.45, 2.75) is 26.1 Å². The molecule has 0 bridgehead atoms. The third-order valence-electron chi connectivity index (χ3n) is 3.05. The summed E-state index contributed by atoms with van der Waals surface area (Å²) in [5, 5.41) is 20.8. The molecule has 2 rings (SSSR count). The Kier molecular flexibility index (Phi) is 4.36. The fourth-order valence-corrected chi connectivity index (χ4v) is 3.25. The Hall–Kier alpha value is -1.51. The van der Waals surface area contributed by atoms with Crippen LogP contribution in [-0.2, 0) is 4.74 Å². The number of anilines is 1. The number of ketones is 1. The first kappa shape index (κ1) is 14.9. The lowest BCUT2D eigenvalue weighted by Crippen LogP contribution is -2.47. The van der Waals surface area contributed by atoms with Crippen LogP contribution >= 0.6 is 11.3 Å². The van der Waals surface area contributed by atoms with Gasteiger partial charge in [-0.05, 0) is 13.8 Å². The highest BCUT2D eigenvalue weighted by Crippen LogP contribution is 2.39. The average molecular weight is 300 g/mol. The summed E-state index contributed by atoms with van der Waals surface area (Å²) in [4.78, 5) is 24.2. The Morgan fingerprint density at radius 1 is 1.65 bits per heavy atom. The normalized spacial score (nSPS) is 22.9. The molecule has 0 aliphatic carbocycles. The molecule has 7 nitrogen and oxygen atoms in total. The van der Waals surface area contributed by atoms with Gasteiger partial charge in [-0.1, -0.05) is 0 Å². The number of morpholine rings is 1. The summed E-state index contributed by atoms with van der Waals surface area (Å²) in [6.45, 7) is 3.96. The van der Waals surface area contributed by atoms with Crippen LogP contribution in [0.3, 0.4) is 0 Å². The minimum Gasteiger partial charge on any atom is -0.394 e. The zero-order valence-electron chi connectivity index (χ0n) is 11.2. The Morgan fingerprint density at radius 2 is 2.35 bits per heavy atom. The summed E-state index contributed by atoms with van der Waals surface area (Å²) in [6, 6.07) is 1.32. The van der Waals surface area contributed by atoms with E-state index in [1.54, 1.807) is 0 Å². The standard InChI is InChI=1S/C12H16N2O5S/c1-7-4-13(5-9(6-15)19-7)12-10(14(17)18)3-11(20-12)8(2)16/h3,7,9,15H,4-6H2,1-2H3. The van der Waals surface area contributed by atoms with Crippen LogP contribution in [0.2, 0.25) is 0 Å². The predicted octanol–water partition coefficient (Wildman–Crippen LogP) is 1.44. The van der Waals surface area contributed by atoms with E-state index in [1.807, 2.05) is 11.8 Å². The van der Waals surface area contributed by atoms with Gasteiger partial charge >= 0.3 is 5.69 Å². The molecule has 0 radical (unpaired) electrons. The van der Waals surface area contributed by atoms with Crippen LogP contribution in [0.1, 0.15) is 23.5 Å². The van der Waals surface area contributed by atoms with Crippen LogP contribution in [0.4, 0.5) is 10.7 Å². The largest absolute Gasteiger partial charge is 0.394 e. The van der Waals surface area contributed by atoms with Crippen molar-refractivity contribution >= 4 is 27.8 Å². The quantitative estimate of drug-likeness (QED) is 0.514. The number of hydrogen-bond donors (Lipinski definition) is 1. The predicted molar refractivity (Wildman–Crippen MR) is 74.6 cm³/mol. The Labute approximate surface area is 119 Å². The third-order valence-corrected chi connectivity index (χ3v) is 4.34. The van der Waals surface area contributed by atoms with E-state index in [0.29, 0.717) is 23.0 Å². The molecule has 1 aromatic rings. The molecule has 1 aliphatic heterocycles. The van der Waals surface area contributed by atoms with Crippen molar-refractivity contribution < 1.29 is 19.6 Å². The van der Waals surface area contributed by atoms with Crippen molar-refractivity contribution in [3.63, 3.8) is 0 Å². The molecule has 2 heterocycles. The number of carbonyl (C=O) groups excluding carboxylic acids is 1. The van der Waals surface area contributed by atoms with Crippen LogP contribution in [0.5, 0.6) is 0 Å². The van der Waals surface area contributed by atoms with Crippen molar-refractivity contribution in [2.24, 2.45) is 0 Å². The fraction of sp³-hybridized carbons (Fsp3) is 0.583. The van der Waals surface area contributed by atoms with Crippen molar-refractivity contribution in [2.75, 3.05) is 24.6 Å². The van der Waals surface area contributed by atoms with Gasteiger partial charge in [-0.3, -0.25) is 14.9 Å². The second-order valence-corrected chi connectivity index (χ2v) is 5.80. The van der Waals surface area contributed by atoms with Crippen molar-refractivity contribution in [3.05, 3.63) is 21.1 Å². The molecule has 1 aromatic heterocycles. The number of nitrogens with zero attached hydrogens (tertiary/aromatic N) is 2. The average Bonchev–Trinajstić information content (AvgIpc) is 2.83. The van der Waals surface area contributed by atoms with E-state index in [2.05, 4.69) is 0 Å². The number of ether oxygens (including phenoxy) is 1. The molecule has 20 heavy (non-hydrogen) atoms. The Bertz CT molecular complexity index is 530. The zero-order chi connectivity index (χ0) is 14.9. The van der Waals surface area contributed by atoms with Gasteiger partial charge < -0.3 is 14.7 Å². The third kappa shape index (κ3) is 2.97. The lowest BCUT2D eigenvalue weighted by atomic mass is 10.2. The molecular formula is C12H16N2O5S. The van der Waals surface area contributed by atoms with Gasteiger partial charge in [0, 0.05) is 19.2 Å². The first-order chi connectivity index (χ1) is 9.42. The number of Topliss-reactive ketones (excluding diaryl/α,β-unsaturated/α-hetero) is 1. The van der Waals surface area contributed by atoms with Crippen LogP contribution in [0, 0.1) is 10.1 Å². The molecular weight excluding hydrogens is 284 g/mol. The van der Waals surface area contributed by atoms with Gasteiger partial charge in [-0.15, -0.1) is 11.3 Å². The lowest BCUT2D eigenvalue weighted by molar-refractivity contribution is -0.383. The lowest BCUT2D eigenvalue weighted by Gasteiger charge is -2.36. The number of aliphatic hydroxyl groups is 1.